The van der Waals surface area contributed by atoms with Gasteiger partial charge in [-0.15, -0.1) is 11.3 Å². The van der Waals surface area contributed by atoms with Crippen LogP contribution in [0.25, 0.3) is 0 Å². The van der Waals surface area contributed by atoms with Crippen molar-refractivity contribution in [3.05, 3.63) is 21.4 Å². The molecule has 1 aromatic rings. The first-order chi connectivity index (χ1) is 8.58. The van der Waals surface area contributed by atoms with Gasteiger partial charge in [-0.05, 0) is 44.7 Å². The van der Waals surface area contributed by atoms with Crippen LogP contribution in [0.1, 0.15) is 39.4 Å². The van der Waals surface area contributed by atoms with E-state index < -0.39 is 0 Å². The molecular formula is C13H18N2O2S. The predicted octanol–water partition coefficient (Wildman–Crippen LogP) is 1.76. The summed E-state index contributed by atoms with van der Waals surface area (Å²) in [6.07, 6.45) is 2.67. The summed E-state index contributed by atoms with van der Waals surface area (Å²) < 4.78 is 0. The molecule has 1 saturated heterocycles. The van der Waals surface area contributed by atoms with Crippen molar-refractivity contribution in [2.45, 2.75) is 39.2 Å². The number of carbonyl (C=O) groups is 2. The largest absolute Gasteiger partial charge is 0.354 e. The molecular weight excluding hydrogens is 248 g/mol. The lowest BCUT2D eigenvalue weighted by Gasteiger charge is -2.14. The molecule has 0 radical (unpaired) electrons. The van der Waals surface area contributed by atoms with E-state index in [0.717, 1.165) is 29.7 Å². The molecule has 0 aliphatic carbocycles. The van der Waals surface area contributed by atoms with Crippen LogP contribution in [0.4, 0.5) is 0 Å². The van der Waals surface area contributed by atoms with Gasteiger partial charge >= 0.3 is 0 Å². The Balaban J connectivity index is 2.03. The van der Waals surface area contributed by atoms with Crippen molar-refractivity contribution < 1.29 is 9.59 Å². The van der Waals surface area contributed by atoms with Crippen LogP contribution in [-0.4, -0.2) is 24.4 Å². The number of hydrogen-bond acceptors (Lipinski definition) is 3. The van der Waals surface area contributed by atoms with E-state index in [1.807, 2.05) is 19.9 Å². The molecule has 0 unspecified atom stereocenters. The summed E-state index contributed by atoms with van der Waals surface area (Å²) in [5, 5.41) is 5.64. The molecule has 0 saturated carbocycles. The summed E-state index contributed by atoms with van der Waals surface area (Å²) in [6, 6.07) is 1.49. The van der Waals surface area contributed by atoms with E-state index in [1.54, 1.807) is 0 Å². The molecule has 98 valence electrons. The highest BCUT2D eigenvalue weighted by molar-refractivity contribution is 7.14. The molecule has 2 N–H and O–H groups in total. The Labute approximate surface area is 111 Å². The molecule has 2 heterocycles. The highest BCUT2D eigenvalue weighted by atomic mass is 32.1. The zero-order valence-corrected chi connectivity index (χ0v) is 11.5. The second kappa shape index (κ2) is 5.52. The van der Waals surface area contributed by atoms with Crippen LogP contribution >= 0.6 is 11.3 Å². The first-order valence-electron chi connectivity index (χ1n) is 6.23. The third-order valence-electron chi connectivity index (χ3n) is 3.23. The van der Waals surface area contributed by atoms with Gasteiger partial charge in [-0.1, -0.05) is 0 Å². The number of nitrogens with one attached hydrogen (secondary N) is 2. The van der Waals surface area contributed by atoms with Crippen LogP contribution in [0.15, 0.2) is 6.07 Å². The summed E-state index contributed by atoms with van der Waals surface area (Å²) in [5.41, 5.74) is 1.12. The second-order valence-corrected chi connectivity index (χ2v) is 5.92. The summed E-state index contributed by atoms with van der Waals surface area (Å²) in [6.45, 7) is 4.69. The first kappa shape index (κ1) is 13.1. The van der Waals surface area contributed by atoms with E-state index in [0.29, 0.717) is 11.4 Å². The molecule has 1 atom stereocenters. The van der Waals surface area contributed by atoms with Gasteiger partial charge in [0.1, 0.15) is 6.04 Å². The summed E-state index contributed by atoms with van der Waals surface area (Å²) >= 11 is 1.47. The lowest BCUT2D eigenvalue weighted by atomic mass is 10.1. The summed E-state index contributed by atoms with van der Waals surface area (Å²) in [4.78, 5) is 25.6. The molecule has 18 heavy (non-hydrogen) atoms. The number of hydrogen-bond donors (Lipinski definition) is 2. The van der Waals surface area contributed by atoms with Gasteiger partial charge in [0.15, 0.2) is 0 Å². The van der Waals surface area contributed by atoms with Crippen LogP contribution in [0.3, 0.4) is 0 Å². The number of rotatable bonds is 2. The maximum atomic E-state index is 12.1. The Hall–Kier alpha value is -1.36. The minimum absolute atomic E-state index is 0.0640. The fourth-order valence-corrected chi connectivity index (χ4v) is 2.93. The normalized spacial score (nSPS) is 20.1. The predicted molar refractivity (Wildman–Crippen MR) is 71.9 cm³/mol. The molecule has 1 fully saturated rings. The Bertz CT molecular complexity index is 448. The molecule has 0 bridgehead atoms. The Morgan fingerprint density at radius 1 is 1.44 bits per heavy atom. The second-order valence-electron chi connectivity index (χ2n) is 4.66. The molecule has 1 aliphatic heterocycles. The average Bonchev–Trinajstić information content (AvgIpc) is 2.54. The minimum Gasteiger partial charge on any atom is -0.354 e. The Morgan fingerprint density at radius 3 is 2.89 bits per heavy atom. The Kier molecular flexibility index (Phi) is 4.01. The third-order valence-corrected chi connectivity index (χ3v) is 4.38. The van der Waals surface area contributed by atoms with E-state index in [9.17, 15) is 9.59 Å². The van der Waals surface area contributed by atoms with Gasteiger partial charge in [-0.25, -0.2) is 0 Å². The van der Waals surface area contributed by atoms with Crippen molar-refractivity contribution >= 4 is 23.2 Å². The average molecular weight is 266 g/mol. The van der Waals surface area contributed by atoms with Crippen molar-refractivity contribution in [3.63, 3.8) is 0 Å². The molecule has 2 rings (SSSR count). The van der Waals surface area contributed by atoms with Gasteiger partial charge < -0.3 is 10.6 Å². The molecule has 0 aromatic carbocycles. The van der Waals surface area contributed by atoms with Gasteiger partial charge in [0.05, 0.1) is 4.88 Å². The van der Waals surface area contributed by atoms with Crippen molar-refractivity contribution in [2.75, 3.05) is 6.54 Å². The van der Waals surface area contributed by atoms with Gasteiger partial charge in [0.25, 0.3) is 5.91 Å². The molecule has 0 spiro atoms. The van der Waals surface area contributed by atoms with Crippen molar-refractivity contribution in [1.29, 1.82) is 0 Å². The molecule has 2 amide bonds. The van der Waals surface area contributed by atoms with E-state index in [4.69, 9.17) is 0 Å². The zero-order valence-electron chi connectivity index (χ0n) is 10.7. The monoisotopic (exact) mass is 266 g/mol. The van der Waals surface area contributed by atoms with Crippen LogP contribution in [0, 0.1) is 13.8 Å². The summed E-state index contributed by atoms with van der Waals surface area (Å²) in [5.74, 6) is -0.205. The van der Waals surface area contributed by atoms with Crippen molar-refractivity contribution in [3.8, 4) is 0 Å². The highest BCUT2D eigenvalue weighted by Crippen LogP contribution is 2.20. The topological polar surface area (TPSA) is 58.2 Å². The maximum absolute atomic E-state index is 12.1. The van der Waals surface area contributed by atoms with E-state index in [2.05, 4.69) is 10.6 Å². The van der Waals surface area contributed by atoms with Crippen molar-refractivity contribution in [2.24, 2.45) is 0 Å². The van der Waals surface area contributed by atoms with E-state index in [1.165, 1.54) is 11.3 Å². The number of carbonyl (C=O) groups excluding carboxylic acids is 2. The third kappa shape index (κ3) is 2.90. The van der Waals surface area contributed by atoms with Gasteiger partial charge in [-0.3, -0.25) is 9.59 Å². The number of thiophene rings is 1. The van der Waals surface area contributed by atoms with Gasteiger partial charge in [0, 0.05) is 11.4 Å². The van der Waals surface area contributed by atoms with Gasteiger partial charge in [0.2, 0.25) is 5.91 Å². The van der Waals surface area contributed by atoms with Crippen LogP contribution in [0.5, 0.6) is 0 Å². The maximum Gasteiger partial charge on any atom is 0.262 e. The standard InChI is InChI=1S/C13H18N2O2S/c1-8-7-11(18-9(8)2)13(17)15-10-5-3-4-6-14-12(10)16/h7,10H,3-6H2,1-2H3,(H,14,16)(H,15,17)/t10-/m0/s1. The van der Waals surface area contributed by atoms with Crippen LogP contribution in [-0.2, 0) is 4.79 Å². The lowest BCUT2D eigenvalue weighted by molar-refractivity contribution is -0.122. The van der Waals surface area contributed by atoms with E-state index >= 15 is 0 Å². The lowest BCUT2D eigenvalue weighted by Crippen LogP contribution is -2.45. The molecule has 1 aromatic heterocycles. The van der Waals surface area contributed by atoms with Crippen molar-refractivity contribution in [1.82, 2.24) is 10.6 Å². The fraction of sp³-hybridized carbons (Fsp3) is 0.538. The Morgan fingerprint density at radius 2 is 2.22 bits per heavy atom. The quantitative estimate of drug-likeness (QED) is 0.857. The summed E-state index contributed by atoms with van der Waals surface area (Å²) in [7, 11) is 0. The molecule has 1 aliphatic rings. The molecule has 5 heteroatoms. The zero-order chi connectivity index (χ0) is 13.1. The SMILES string of the molecule is Cc1cc(C(=O)N[C@H]2CCCCNC2=O)sc1C. The minimum atomic E-state index is -0.386. The van der Waals surface area contributed by atoms with Crippen LogP contribution in [0.2, 0.25) is 0 Å². The number of amides is 2. The molecule has 4 nitrogen and oxygen atoms in total. The van der Waals surface area contributed by atoms with Crippen LogP contribution < -0.4 is 10.6 Å². The first-order valence-corrected chi connectivity index (χ1v) is 7.05. The fourth-order valence-electron chi connectivity index (χ4n) is 1.99. The smallest absolute Gasteiger partial charge is 0.262 e. The highest BCUT2D eigenvalue weighted by Gasteiger charge is 2.23. The van der Waals surface area contributed by atoms with E-state index in [-0.39, 0.29) is 17.9 Å². The van der Waals surface area contributed by atoms with Gasteiger partial charge in [-0.2, -0.15) is 0 Å². The number of aryl methyl sites for hydroxylation is 2.